The minimum atomic E-state index is 0.201. The number of nitrogens with two attached hydrogens (primary N) is 1. The second kappa shape index (κ2) is 6.38. The molecule has 1 rings (SSSR count). The van der Waals surface area contributed by atoms with Crippen LogP contribution in [0, 0.1) is 5.92 Å². The molecule has 0 heterocycles. The van der Waals surface area contributed by atoms with Crippen molar-refractivity contribution in [3.05, 3.63) is 24.3 Å². The van der Waals surface area contributed by atoms with Gasteiger partial charge >= 0.3 is 0 Å². The van der Waals surface area contributed by atoms with Gasteiger partial charge in [-0.05, 0) is 30.2 Å². The third-order valence-corrected chi connectivity index (χ3v) is 3.01. The van der Waals surface area contributed by atoms with Crippen molar-refractivity contribution in [2.24, 2.45) is 11.7 Å². The molecule has 0 aliphatic rings. The highest BCUT2D eigenvalue weighted by Crippen LogP contribution is 2.15. The van der Waals surface area contributed by atoms with E-state index in [0.29, 0.717) is 5.92 Å². The summed E-state index contributed by atoms with van der Waals surface area (Å²) in [7, 11) is 1.67. The fourth-order valence-electron chi connectivity index (χ4n) is 1.45. The number of anilines is 1. The Balaban J connectivity index is 2.42. The first-order valence-electron chi connectivity index (χ1n) is 5.80. The number of ether oxygens (including phenoxy) is 1. The summed E-state index contributed by atoms with van der Waals surface area (Å²) < 4.78 is 5.10. The van der Waals surface area contributed by atoms with Crippen molar-refractivity contribution in [1.82, 2.24) is 0 Å². The van der Waals surface area contributed by atoms with Crippen molar-refractivity contribution in [1.29, 1.82) is 0 Å². The van der Waals surface area contributed by atoms with E-state index in [9.17, 15) is 0 Å². The predicted octanol–water partition coefficient (Wildman–Crippen LogP) is 2.48. The fraction of sp³-hybridized carbons (Fsp3) is 0.538. The van der Waals surface area contributed by atoms with Crippen LogP contribution in [0.2, 0.25) is 0 Å². The molecule has 0 unspecified atom stereocenters. The third-order valence-electron chi connectivity index (χ3n) is 3.01. The Morgan fingerprint density at radius 1 is 1.31 bits per heavy atom. The first kappa shape index (κ1) is 12.8. The average Bonchev–Trinajstić information content (AvgIpc) is 2.35. The summed E-state index contributed by atoms with van der Waals surface area (Å²) in [5, 5.41) is 3.33. The number of nitrogens with one attached hydrogen (secondary N) is 1. The van der Waals surface area contributed by atoms with E-state index >= 15 is 0 Å². The Morgan fingerprint density at radius 3 is 2.44 bits per heavy atom. The molecule has 90 valence electrons. The third kappa shape index (κ3) is 3.74. The minimum absolute atomic E-state index is 0.201. The molecular formula is C13H22N2O. The van der Waals surface area contributed by atoms with Gasteiger partial charge < -0.3 is 15.8 Å². The molecule has 0 aliphatic heterocycles. The molecule has 2 atom stereocenters. The van der Waals surface area contributed by atoms with E-state index in [1.807, 2.05) is 24.3 Å². The minimum Gasteiger partial charge on any atom is -0.497 e. The maximum Gasteiger partial charge on any atom is 0.119 e. The van der Waals surface area contributed by atoms with Crippen molar-refractivity contribution in [2.45, 2.75) is 26.3 Å². The maximum absolute atomic E-state index is 6.04. The zero-order chi connectivity index (χ0) is 12.0. The zero-order valence-corrected chi connectivity index (χ0v) is 10.4. The molecule has 0 amide bonds. The summed E-state index contributed by atoms with van der Waals surface area (Å²) in [5.41, 5.74) is 7.13. The smallest absolute Gasteiger partial charge is 0.119 e. The van der Waals surface area contributed by atoms with Crippen molar-refractivity contribution in [3.63, 3.8) is 0 Å². The van der Waals surface area contributed by atoms with Gasteiger partial charge in [-0.25, -0.2) is 0 Å². The molecule has 3 nitrogen and oxygen atoms in total. The zero-order valence-electron chi connectivity index (χ0n) is 10.4. The van der Waals surface area contributed by atoms with E-state index in [1.165, 1.54) is 0 Å². The molecule has 3 N–H and O–H groups in total. The monoisotopic (exact) mass is 222 g/mol. The van der Waals surface area contributed by atoms with Crippen molar-refractivity contribution >= 4 is 5.69 Å². The standard InChI is InChI=1S/C13H22N2O/c1-4-10(2)13(14)9-15-11-5-7-12(16-3)8-6-11/h5-8,10,13,15H,4,9,14H2,1-3H3/t10-,13+/m0/s1. The van der Waals surface area contributed by atoms with Gasteiger partial charge in [0.1, 0.15) is 5.75 Å². The number of hydrogen-bond acceptors (Lipinski definition) is 3. The van der Waals surface area contributed by atoms with E-state index < -0.39 is 0 Å². The van der Waals surface area contributed by atoms with E-state index in [1.54, 1.807) is 7.11 Å². The SMILES string of the molecule is CC[C@H](C)[C@H](N)CNc1ccc(OC)cc1. The Bertz CT molecular complexity index is 297. The molecule has 0 spiro atoms. The lowest BCUT2D eigenvalue weighted by atomic mass is 10.0. The largest absolute Gasteiger partial charge is 0.497 e. The van der Waals surface area contributed by atoms with Gasteiger partial charge in [0.2, 0.25) is 0 Å². The van der Waals surface area contributed by atoms with Crippen LogP contribution >= 0.6 is 0 Å². The summed E-state index contributed by atoms with van der Waals surface area (Å²) in [6.07, 6.45) is 1.12. The normalized spacial score (nSPS) is 14.2. The Hall–Kier alpha value is -1.22. The molecule has 1 aromatic rings. The summed E-state index contributed by atoms with van der Waals surface area (Å²) in [5.74, 6) is 1.42. The Morgan fingerprint density at radius 2 is 1.94 bits per heavy atom. The molecule has 1 aromatic carbocycles. The highest BCUT2D eigenvalue weighted by molar-refractivity contribution is 5.46. The number of rotatable bonds is 6. The van der Waals surface area contributed by atoms with Gasteiger partial charge in [-0.2, -0.15) is 0 Å². The molecule has 0 saturated carbocycles. The summed E-state index contributed by atoms with van der Waals surface area (Å²) in [6.45, 7) is 5.15. The van der Waals surface area contributed by atoms with Crippen molar-refractivity contribution in [2.75, 3.05) is 19.0 Å². The van der Waals surface area contributed by atoms with Crippen LogP contribution in [-0.2, 0) is 0 Å². The number of benzene rings is 1. The second-order valence-corrected chi connectivity index (χ2v) is 4.16. The van der Waals surface area contributed by atoms with E-state index in [4.69, 9.17) is 10.5 Å². The summed E-state index contributed by atoms with van der Waals surface area (Å²) in [4.78, 5) is 0. The van der Waals surface area contributed by atoms with E-state index in [2.05, 4.69) is 19.2 Å². The quantitative estimate of drug-likeness (QED) is 0.777. The van der Waals surface area contributed by atoms with Crippen LogP contribution in [-0.4, -0.2) is 19.7 Å². The molecule has 0 saturated heterocycles. The van der Waals surface area contributed by atoms with Crippen molar-refractivity contribution in [3.8, 4) is 5.75 Å². The van der Waals surface area contributed by atoms with Crippen LogP contribution < -0.4 is 15.8 Å². The van der Waals surface area contributed by atoms with Crippen molar-refractivity contribution < 1.29 is 4.74 Å². The predicted molar refractivity (Wildman–Crippen MR) is 68.9 cm³/mol. The second-order valence-electron chi connectivity index (χ2n) is 4.16. The van der Waals surface area contributed by atoms with Crippen LogP contribution in [0.25, 0.3) is 0 Å². The highest BCUT2D eigenvalue weighted by atomic mass is 16.5. The highest BCUT2D eigenvalue weighted by Gasteiger charge is 2.09. The molecule has 0 bridgehead atoms. The summed E-state index contributed by atoms with van der Waals surface area (Å²) >= 11 is 0. The molecule has 0 aliphatic carbocycles. The van der Waals surface area contributed by atoms with Gasteiger partial charge in [-0.15, -0.1) is 0 Å². The molecule has 0 radical (unpaired) electrons. The first-order valence-corrected chi connectivity index (χ1v) is 5.80. The van der Waals surface area contributed by atoms with Crippen LogP contribution in [0.4, 0.5) is 5.69 Å². The van der Waals surface area contributed by atoms with E-state index in [0.717, 1.165) is 24.4 Å². The average molecular weight is 222 g/mol. The Labute approximate surface area is 98.0 Å². The van der Waals surface area contributed by atoms with E-state index in [-0.39, 0.29) is 6.04 Å². The van der Waals surface area contributed by atoms with Crippen LogP contribution in [0.15, 0.2) is 24.3 Å². The lowest BCUT2D eigenvalue weighted by Gasteiger charge is -2.19. The van der Waals surface area contributed by atoms with Crippen LogP contribution in [0.1, 0.15) is 20.3 Å². The van der Waals surface area contributed by atoms with Crippen LogP contribution in [0.3, 0.4) is 0 Å². The number of methoxy groups -OCH3 is 1. The molecule has 0 aromatic heterocycles. The lowest BCUT2D eigenvalue weighted by molar-refractivity contribution is 0.415. The van der Waals surface area contributed by atoms with Crippen LogP contribution in [0.5, 0.6) is 5.75 Å². The van der Waals surface area contributed by atoms with Gasteiger partial charge in [0.05, 0.1) is 7.11 Å². The topological polar surface area (TPSA) is 47.3 Å². The fourth-order valence-corrected chi connectivity index (χ4v) is 1.45. The van der Waals surface area contributed by atoms with Gasteiger partial charge in [0.15, 0.2) is 0 Å². The lowest BCUT2D eigenvalue weighted by Crippen LogP contribution is -2.35. The molecular weight excluding hydrogens is 200 g/mol. The van der Waals surface area contributed by atoms with Gasteiger partial charge in [0, 0.05) is 18.3 Å². The molecule has 0 fully saturated rings. The Kier molecular flexibility index (Phi) is 5.12. The van der Waals surface area contributed by atoms with Gasteiger partial charge in [-0.1, -0.05) is 20.3 Å². The number of hydrogen-bond donors (Lipinski definition) is 2. The molecule has 3 heteroatoms. The van der Waals surface area contributed by atoms with Gasteiger partial charge in [-0.3, -0.25) is 0 Å². The van der Waals surface area contributed by atoms with Gasteiger partial charge in [0.25, 0.3) is 0 Å². The summed E-state index contributed by atoms with van der Waals surface area (Å²) in [6, 6.07) is 8.09. The maximum atomic E-state index is 6.04. The molecule has 16 heavy (non-hydrogen) atoms. The first-order chi connectivity index (χ1) is 7.67.